The average Bonchev–Trinajstić information content (AvgIpc) is 2.97. The van der Waals surface area contributed by atoms with Gasteiger partial charge in [-0.25, -0.2) is 18.1 Å². The second-order valence-corrected chi connectivity index (χ2v) is 9.11. The number of quaternary nitrogens is 1. The largest absolute Gasteiger partial charge is 0.310 e. The van der Waals surface area contributed by atoms with Crippen molar-refractivity contribution in [1.82, 2.24) is 14.1 Å². The molecule has 0 unspecified atom stereocenters. The number of H-pyrrole nitrogens is 1. The molecule has 28 heavy (non-hydrogen) atoms. The predicted molar refractivity (Wildman–Crippen MR) is 108 cm³/mol. The van der Waals surface area contributed by atoms with E-state index in [4.69, 9.17) is 0 Å². The predicted octanol–water partition coefficient (Wildman–Crippen LogP) is -0.293. The number of aromatic nitrogens is 3. The second kappa shape index (κ2) is 8.59. The Morgan fingerprint density at radius 3 is 2.43 bits per heavy atom. The quantitative estimate of drug-likeness (QED) is 0.683. The van der Waals surface area contributed by atoms with Crippen LogP contribution in [0.3, 0.4) is 0 Å². The number of pyridine rings is 1. The van der Waals surface area contributed by atoms with E-state index in [2.05, 4.69) is 21.0 Å². The lowest BCUT2D eigenvalue weighted by molar-refractivity contribution is -0.924. The van der Waals surface area contributed by atoms with Gasteiger partial charge in [0.05, 0.1) is 17.6 Å². The van der Waals surface area contributed by atoms with Gasteiger partial charge in [-0.2, -0.15) is 9.40 Å². The van der Waals surface area contributed by atoms with Crippen LogP contribution in [0.25, 0.3) is 0 Å². The summed E-state index contributed by atoms with van der Waals surface area (Å²) >= 11 is 0. The summed E-state index contributed by atoms with van der Waals surface area (Å²) in [5, 5.41) is 4.57. The summed E-state index contributed by atoms with van der Waals surface area (Å²) < 4.78 is 29.4. The Morgan fingerprint density at radius 1 is 1.18 bits per heavy atom. The SMILES string of the molecule is CCN(CC)S(=O)(=O)c1c(C)nn(C[NH+]2CCN(c3cccc[nH+]3)CC2)c1C. The molecule has 2 aromatic rings. The molecule has 9 heteroatoms. The number of hydrogen-bond acceptors (Lipinski definition) is 4. The Kier molecular flexibility index (Phi) is 6.36. The number of hydrogen-bond donors (Lipinski definition) is 1. The minimum absolute atomic E-state index is 0.369. The van der Waals surface area contributed by atoms with E-state index in [1.165, 1.54) is 9.21 Å². The third kappa shape index (κ3) is 4.06. The van der Waals surface area contributed by atoms with E-state index in [0.717, 1.165) is 37.7 Å². The van der Waals surface area contributed by atoms with Gasteiger partial charge in [-0.1, -0.05) is 19.9 Å². The summed E-state index contributed by atoms with van der Waals surface area (Å²) in [6.45, 7) is 12.9. The first kappa shape index (κ1) is 20.8. The van der Waals surface area contributed by atoms with Crippen LogP contribution < -0.4 is 14.8 Å². The van der Waals surface area contributed by atoms with Gasteiger partial charge in [0.1, 0.15) is 31.1 Å². The molecule has 0 aliphatic carbocycles. The minimum atomic E-state index is -3.50. The molecule has 0 bridgehead atoms. The molecule has 3 heterocycles. The van der Waals surface area contributed by atoms with E-state index in [1.54, 1.807) is 6.92 Å². The van der Waals surface area contributed by atoms with Gasteiger partial charge in [0.25, 0.3) is 5.82 Å². The highest BCUT2D eigenvalue weighted by molar-refractivity contribution is 7.89. The zero-order valence-corrected chi connectivity index (χ0v) is 18.1. The average molecular weight is 409 g/mol. The minimum Gasteiger partial charge on any atom is -0.310 e. The van der Waals surface area contributed by atoms with Crippen molar-refractivity contribution >= 4 is 15.8 Å². The molecule has 0 atom stereocenters. The number of nitrogens with one attached hydrogen (secondary N) is 2. The first-order valence-electron chi connectivity index (χ1n) is 9.97. The standard InChI is InChI=1S/C19H30N6O2S/c1-5-24(6-2)28(26,27)19-16(3)21-25(17(19)4)15-22-11-13-23(14-12-22)18-9-7-8-10-20-18/h7-10H,5-6,11-15H2,1-4H3/p+2. The normalized spacial score (nSPS) is 16.1. The highest BCUT2D eigenvalue weighted by atomic mass is 32.2. The summed E-state index contributed by atoms with van der Waals surface area (Å²) in [4.78, 5) is 7.41. The molecule has 0 aromatic carbocycles. The number of sulfonamides is 1. The van der Waals surface area contributed by atoms with Crippen LogP contribution in [0.4, 0.5) is 5.82 Å². The van der Waals surface area contributed by atoms with E-state index in [-0.39, 0.29) is 0 Å². The summed E-state index contributed by atoms with van der Waals surface area (Å²) in [6.07, 6.45) is 1.95. The summed E-state index contributed by atoms with van der Waals surface area (Å²) in [6, 6.07) is 6.12. The smallest absolute Gasteiger partial charge is 0.274 e. The Hall–Kier alpha value is -1.97. The maximum Gasteiger partial charge on any atom is 0.274 e. The van der Waals surface area contributed by atoms with E-state index in [9.17, 15) is 8.42 Å². The van der Waals surface area contributed by atoms with Crippen LogP contribution in [-0.2, 0) is 16.7 Å². The van der Waals surface area contributed by atoms with Crippen molar-refractivity contribution in [3.05, 3.63) is 35.8 Å². The van der Waals surface area contributed by atoms with E-state index in [1.807, 2.05) is 43.8 Å². The lowest BCUT2D eigenvalue weighted by atomic mass is 10.3. The number of anilines is 1. The van der Waals surface area contributed by atoms with E-state index in [0.29, 0.717) is 30.3 Å². The van der Waals surface area contributed by atoms with Crippen molar-refractivity contribution in [3.63, 3.8) is 0 Å². The lowest BCUT2D eigenvalue weighted by Crippen LogP contribution is -3.14. The van der Waals surface area contributed by atoms with Crippen LogP contribution in [0.2, 0.25) is 0 Å². The monoisotopic (exact) mass is 408 g/mol. The molecular formula is C19H32N6O2S+2. The maximum atomic E-state index is 13.0. The van der Waals surface area contributed by atoms with Gasteiger partial charge in [-0.05, 0) is 19.9 Å². The molecule has 2 aromatic heterocycles. The van der Waals surface area contributed by atoms with Crippen molar-refractivity contribution in [2.24, 2.45) is 0 Å². The van der Waals surface area contributed by atoms with Crippen LogP contribution in [-0.4, -0.2) is 61.8 Å². The number of aryl methyl sites for hydroxylation is 1. The van der Waals surface area contributed by atoms with Gasteiger partial charge in [0, 0.05) is 19.2 Å². The molecule has 3 rings (SSSR count). The molecule has 2 N–H and O–H groups in total. The summed E-state index contributed by atoms with van der Waals surface area (Å²) in [5.74, 6) is 1.14. The van der Waals surface area contributed by atoms with Crippen molar-refractivity contribution in [2.45, 2.75) is 39.3 Å². The van der Waals surface area contributed by atoms with Crippen molar-refractivity contribution in [1.29, 1.82) is 0 Å². The molecule has 154 valence electrons. The Morgan fingerprint density at radius 2 is 1.86 bits per heavy atom. The molecular weight excluding hydrogens is 376 g/mol. The summed E-state index contributed by atoms with van der Waals surface area (Å²) in [5.41, 5.74) is 1.32. The van der Waals surface area contributed by atoms with Gasteiger partial charge in [0.15, 0.2) is 6.67 Å². The Bertz CT molecular complexity index is 885. The second-order valence-electron chi connectivity index (χ2n) is 7.23. The Labute approximate surface area is 167 Å². The van der Waals surface area contributed by atoms with E-state index < -0.39 is 10.0 Å². The number of nitrogens with zero attached hydrogens (tertiary/aromatic N) is 4. The first-order valence-corrected chi connectivity index (χ1v) is 11.4. The van der Waals surface area contributed by atoms with Crippen molar-refractivity contribution < 1.29 is 18.3 Å². The lowest BCUT2D eigenvalue weighted by Gasteiger charge is -2.28. The highest BCUT2D eigenvalue weighted by Gasteiger charge is 2.31. The number of rotatable bonds is 7. The fraction of sp³-hybridized carbons (Fsp3) is 0.579. The zero-order chi connectivity index (χ0) is 20.3. The topological polar surface area (TPSA) is 77.0 Å². The van der Waals surface area contributed by atoms with E-state index >= 15 is 0 Å². The van der Waals surface area contributed by atoms with Gasteiger partial charge in [-0.15, -0.1) is 0 Å². The summed E-state index contributed by atoms with van der Waals surface area (Å²) in [7, 11) is -3.50. The molecule has 0 radical (unpaired) electrons. The molecule has 0 amide bonds. The van der Waals surface area contributed by atoms with Gasteiger partial charge < -0.3 is 4.90 Å². The van der Waals surface area contributed by atoms with Crippen LogP contribution in [0.5, 0.6) is 0 Å². The zero-order valence-electron chi connectivity index (χ0n) is 17.3. The maximum absolute atomic E-state index is 13.0. The highest BCUT2D eigenvalue weighted by Crippen LogP contribution is 2.23. The molecule has 1 aliphatic rings. The van der Waals surface area contributed by atoms with Crippen LogP contribution >= 0.6 is 0 Å². The fourth-order valence-electron chi connectivity index (χ4n) is 3.91. The van der Waals surface area contributed by atoms with Crippen molar-refractivity contribution in [2.75, 3.05) is 44.2 Å². The van der Waals surface area contributed by atoms with Gasteiger partial charge in [0.2, 0.25) is 10.0 Å². The van der Waals surface area contributed by atoms with Crippen LogP contribution in [0.1, 0.15) is 25.2 Å². The Balaban J connectivity index is 1.71. The third-order valence-corrected chi connectivity index (χ3v) is 7.80. The third-order valence-electron chi connectivity index (χ3n) is 5.50. The molecule has 1 fully saturated rings. The molecule has 8 nitrogen and oxygen atoms in total. The molecule has 1 saturated heterocycles. The molecule has 0 saturated carbocycles. The van der Waals surface area contributed by atoms with Gasteiger partial charge >= 0.3 is 0 Å². The van der Waals surface area contributed by atoms with Crippen LogP contribution in [0, 0.1) is 13.8 Å². The molecule has 0 spiro atoms. The molecule has 1 aliphatic heterocycles. The van der Waals surface area contributed by atoms with Crippen molar-refractivity contribution in [3.8, 4) is 0 Å². The van der Waals surface area contributed by atoms with Gasteiger partial charge in [-0.3, -0.25) is 4.90 Å². The fourth-order valence-corrected chi connectivity index (χ4v) is 5.75. The number of piperazine rings is 1. The first-order chi connectivity index (χ1) is 13.4. The number of aromatic amines is 1. The van der Waals surface area contributed by atoms with Crippen LogP contribution in [0.15, 0.2) is 29.3 Å².